The molecule has 116 valence electrons. The van der Waals surface area contributed by atoms with Crippen LogP contribution in [0.2, 0.25) is 0 Å². The van der Waals surface area contributed by atoms with E-state index < -0.39 is 0 Å². The highest BCUT2D eigenvalue weighted by atomic mass is 16.6. The Hall–Kier alpha value is -2.95. The average molecular weight is 310 g/mol. The van der Waals surface area contributed by atoms with Gasteiger partial charge in [0.15, 0.2) is 17.3 Å². The first-order valence-electron chi connectivity index (χ1n) is 7.26. The fourth-order valence-electron chi connectivity index (χ4n) is 2.60. The lowest BCUT2D eigenvalue weighted by atomic mass is 10.1. The maximum atomic E-state index is 12.4. The number of ether oxygens (including phenoxy) is 4. The first-order valence-corrected chi connectivity index (χ1v) is 7.26. The molecule has 2 aromatic rings. The Kier molecular flexibility index (Phi) is 3.19. The van der Waals surface area contributed by atoms with Gasteiger partial charge < -0.3 is 18.9 Å². The largest absolute Gasteiger partial charge is 0.497 e. The Morgan fingerprint density at radius 3 is 2.65 bits per heavy atom. The molecule has 0 aromatic heterocycles. The van der Waals surface area contributed by atoms with Gasteiger partial charge in [0.1, 0.15) is 24.7 Å². The van der Waals surface area contributed by atoms with Gasteiger partial charge in [0.2, 0.25) is 5.78 Å². The fourth-order valence-corrected chi connectivity index (χ4v) is 2.60. The van der Waals surface area contributed by atoms with Crippen molar-refractivity contribution in [3.8, 4) is 23.0 Å². The zero-order valence-electron chi connectivity index (χ0n) is 12.5. The molecule has 0 unspecified atom stereocenters. The number of Topliss-reactive ketones (excluding diaryl/α,β-unsaturated/α-hetero) is 1. The van der Waals surface area contributed by atoms with E-state index in [0.717, 1.165) is 5.56 Å². The number of carbonyl (C=O) groups excluding carboxylic acids is 1. The summed E-state index contributed by atoms with van der Waals surface area (Å²) in [4.78, 5) is 12.4. The summed E-state index contributed by atoms with van der Waals surface area (Å²) in [5.41, 5.74) is 1.35. The number of benzene rings is 2. The Labute approximate surface area is 133 Å². The molecule has 0 N–H and O–H groups in total. The van der Waals surface area contributed by atoms with E-state index in [-0.39, 0.29) is 11.5 Å². The van der Waals surface area contributed by atoms with Crippen molar-refractivity contribution in [2.75, 3.05) is 20.3 Å². The summed E-state index contributed by atoms with van der Waals surface area (Å²) in [6.07, 6.45) is 1.70. The van der Waals surface area contributed by atoms with Crippen molar-refractivity contribution in [3.63, 3.8) is 0 Å². The monoisotopic (exact) mass is 310 g/mol. The first kappa shape index (κ1) is 13.7. The summed E-state index contributed by atoms with van der Waals surface area (Å²) in [6, 6.07) is 10.7. The molecule has 2 heterocycles. The van der Waals surface area contributed by atoms with Crippen LogP contribution < -0.4 is 18.9 Å². The van der Waals surface area contributed by atoms with Crippen molar-refractivity contribution in [1.82, 2.24) is 0 Å². The number of ketones is 1. The highest BCUT2D eigenvalue weighted by Gasteiger charge is 2.27. The van der Waals surface area contributed by atoms with Gasteiger partial charge in [-0.1, -0.05) is 6.07 Å². The van der Waals surface area contributed by atoms with Crippen LogP contribution in [0.3, 0.4) is 0 Å². The van der Waals surface area contributed by atoms with Crippen LogP contribution in [0.15, 0.2) is 42.2 Å². The average Bonchev–Trinajstić information content (AvgIpc) is 2.90. The summed E-state index contributed by atoms with van der Waals surface area (Å²) < 4.78 is 21.9. The molecule has 4 rings (SSSR count). The van der Waals surface area contributed by atoms with Gasteiger partial charge in [0, 0.05) is 6.07 Å². The molecule has 0 fully saturated rings. The van der Waals surface area contributed by atoms with Gasteiger partial charge >= 0.3 is 0 Å². The Bertz CT molecular complexity index is 822. The van der Waals surface area contributed by atoms with Gasteiger partial charge in [-0.25, -0.2) is 0 Å². The maximum Gasteiger partial charge on any atom is 0.231 e. The van der Waals surface area contributed by atoms with Crippen LogP contribution in [0, 0.1) is 0 Å². The van der Waals surface area contributed by atoms with E-state index >= 15 is 0 Å². The number of fused-ring (bicyclic) bond motifs is 2. The molecule has 2 aliphatic heterocycles. The van der Waals surface area contributed by atoms with Crippen molar-refractivity contribution < 1.29 is 23.7 Å². The number of hydrogen-bond donors (Lipinski definition) is 0. The van der Waals surface area contributed by atoms with E-state index in [4.69, 9.17) is 18.9 Å². The summed E-state index contributed by atoms with van der Waals surface area (Å²) >= 11 is 0. The third kappa shape index (κ3) is 2.40. The van der Waals surface area contributed by atoms with Crippen LogP contribution in [0.4, 0.5) is 0 Å². The van der Waals surface area contributed by atoms with Gasteiger partial charge in [-0.15, -0.1) is 0 Å². The second-order valence-corrected chi connectivity index (χ2v) is 5.20. The topological polar surface area (TPSA) is 54.0 Å². The molecule has 5 nitrogen and oxygen atoms in total. The quantitative estimate of drug-likeness (QED) is 0.798. The maximum absolute atomic E-state index is 12.4. The molecule has 0 amide bonds. The van der Waals surface area contributed by atoms with Crippen molar-refractivity contribution in [3.05, 3.63) is 53.3 Å². The lowest BCUT2D eigenvalue weighted by Crippen LogP contribution is -2.15. The highest BCUT2D eigenvalue weighted by molar-refractivity contribution is 6.14. The molecule has 0 atom stereocenters. The van der Waals surface area contributed by atoms with Crippen molar-refractivity contribution in [1.29, 1.82) is 0 Å². The van der Waals surface area contributed by atoms with Crippen molar-refractivity contribution in [2.24, 2.45) is 0 Å². The van der Waals surface area contributed by atoms with E-state index in [1.165, 1.54) is 0 Å². The highest BCUT2D eigenvalue weighted by Crippen LogP contribution is 2.36. The minimum absolute atomic E-state index is 0.141. The van der Waals surface area contributed by atoms with Crippen LogP contribution in [-0.2, 0) is 0 Å². The number of methoxy groups -OCH3 is 1. The number of rotatable bonds is 2. The van der Waals surface area contributed by atoms with Crippen LogP contribution in [0.1, 0.15) is 15.9 Å². The van der Waals surface area contributed by atoms with Gasteiger partial charge in [0.25, 0.3) is 0 Å². The molecule has 23 heavy (non-hydrogen) atoms. The van der Waals surface area contributed by atoms with Gasteiger partial charge in [-0.3, -0.25) is 4.79 Å². The molecule has 0 radical (unpaired) electrons. The number of hydrogen-bond acceptors (Lipinski definition) is 5. The summed E-state index contributed by atoms with van der Waals surface area (Å²) in [6.45, 7) is 1.07. The van der Waals surface area contributed by atoms with Crippen LogP contribution in [0.5, 0.6) is 23.0 Å². The molecule has 0 aliphatic carbocycles. The second kappa shape index (κ2) is 5.35. The van der Waals surface area contributed by atoms with Crippen LogP contribution >= 0.6 is 0 Å². The zero-order valence-corrected chi connectivity index (χ0v) is 12.5. The molecule has 0 bridgehead atoms. The van der Waals surface area contributed by atoms with Gasteiger partial charge in [0.05, 0.1) is 12.7 Å². The van der Waals surface area contributed by atoms with E-state index in [0.29, 0.717) is 41.8 Å². The predicted molar refractivity (Wildman–Crippen MR) is 83.4 cm³/mol. The summed E-state index contributed by atoms with van der Waals surface area (Å²) in [5, 5.41) is 0. The molecular weight excluding hydrogens is 296 g/mol. The molecule has 0 saturated heterocycles. The van der Waals surface area contributed by atoms with E-state index in [1.54, 1.807) is 31.4 Å². The molecule has 0 saturated carbocycles. The van der Waals surface area contributed by atoms with Gasteiger partial charge in [-0.05, 0) is 35.9 Å². The Morgan fingerprint density at radius 1 is 1.00 bits per heavy atom. The molecule has 0 spiro atoms. The predicted octanol–water partition coefficient (Wildman–Crippen LogP) is 3.08. The van der Waals surface area contributed by atoms with E-state index in [9.17, 15) is 4.79 Å². The zero-order chi connectivity index (χ0) is 15.8. The van der Waals surface area contributed by atoms with Crippen molar-refractivity contribution >= 4 is 11.9 Å². The fraction of sp³-hybridized carbons (Fsp3) is 0.167. The van der Waals surface area contributed by atoms with E-state index in [1.807, 2.05) is 18.2 Å². The molecular formula is C18H14O5. The number of allylic oxidation sites excluding steroid dienone is 1. The van der Waals surface area contributed by atoms with Crippen LogP contribution in [-0.4, -0.2) is 26.1 Å². The Morgan fingerprint density at radius 2 is 1.83 bits per heavy atom. The first-order chi connectivity index (χ1) is 11.2. The van der Waals surface area contributed by atoms with E-state index in [2.05, 4.69) is 0 Å². The normalized spacial score (nSPS) is 16.9. The lowest BCUT2D eigenvalue weighted by Gasteiger charge is -2.18. The molecule has 2 aliphatic rings. The van der Waals surface area contributed by atoms with Gasteiger partial charge in [-0.2, -0.15) is 0 Å². The molecule has 2 aromatic carbocycles. The minimum atomic E-state index is -0.141. The summed E-state index contributed by atoms with van der Waals surface area (Å²) in [5.74, 6) is 2.69. The smallest absolute Gasteiger partial charge is 0.231 e. The van der Waals surface area contributed by atoms with Crippen LogP contribution in [0.25, 0.3) is 6.08 Å². The SMILES string of the molecule is COc1ccc2c(c1)O/C(=C\c1ccc3c(c1)OCCO3)C2=O. The lowest BCUT2D eigenvalue weighted by molar-refractivity contribution is 0.101. The minimum Gasteiger partial charge on any atom is -0.497 e. The number of carbonyl (C=O) groups is 1. The van der Waals surface area contributed by atoms with Crippen molar-refractivity contribution in [2.45, 2.75) is 0 Å². The molecule has 5 heteroatoms. The Balaban J connectivity index is 1.66. The third-order valence-electron chi connectivity index (χ3n) is 3.74. The summed E-state index contributed by atoms with van der Waals surface area (Å²) in [7, 11) is 1.57. The third-order valence-corrected chi connectivity index (χ3v) is 3.74. The second-order valence-electron chi connectivity index (χ2n) is 5.20. The standard InChI is InChI=1S/C18H14O5/c1-20-12-3-4-13-15(10-12)23-17(18(13)19)9-11-2-5-14-16(8-11)22-7-6-21-14/h2-5,8-10H,6-7H2,1H3/b17-9-.